The lowest BCUT2D eigenvalue weighted by Gasteiger charge is -2.24. The molecule has 0 atom stereocenters. The van der Waals surface area contributed by atoms with Crippen LogP contribution < -0.4 is 5.32 Å². The molecule has 0 spiro atoms. The number of carbonyl (C=O) groups is 2. The highest BCUT2D eigenvalue weighted by atomic mass is 35.5. The number of carboxylic acids is 1. The Morgan fingerprint density at radius 1 is 1.13 bits per heavy atom. The number of rotatable bonds is 4. The number of hydrogen-bond donors (Lipinski definition) is 2. The number of hydrogen-bond acceptors (Lipinski definition) is 3. The first kappa shape index (κ1) is 15.6. The molecule has 120 valence electrons. The van der Waals surface area contributed by atoms with E-state index in [4.69, 9.17) is 16.0 Å². The van der Waals surface area contributed by atoms with Gasteiger partial charge in [-0.15, -0.1) is 0 Å². The Bertz CT molecular complexity index is 747. The monoisotopic (exact) mass is 333 g/mol. The van der Waals surface area contributed by atoms with Crippen molar-refractivity contribution in [3.05, 3.63) is 47.2 Å². The molecule has 3 rings (SSSR count). The number of nitrogens with one attached hydrogen (secondary N) is 1. The summed E-state index contributed by atoms with van der Waals surface area (Å²) in [6.07, 6.45) is 2.45. The molecule has 1 heterocycles. The number of halogens is 1. The predicted octanol–water partition coefficient (Wildman–Crippen LogP) is 3.73. The third-order valence-electron chi connectivity index (χ3n) is 4.19. The fraction of sp³-hybridized carbons (Fsp3) is 0.294. The van der Waals surface area contributed by atoms with E-state index >= 15 is 0 Å². The molecular weight excluding hydrogens is 318 g/mol. The second-order valence-electron chi connectivity index (χ2n) is 5.69. The Kier molecular flexibility index (Phi) is 4.13. The number of benzene rings is 1. The van der Waals surface area contributed by atoms with Gasteiger partial charge in [-0.1, -0.05) is 36.6 Å². The van der Waals surface area contributed by atoms with Crippen molar-refractivity contribution in [2.45, 2.75) is 31.2 Å². The highest BCUT2D eigenvalue weighted by molar-refractivity contribution is 6.33. The topological polar surface area (TPSA) is 79.5 Å². The van der Waals surface area contributed by atoms with Crippen molar-refractivity contribution in [1.82, 2.24) is 5.32 Å². The van der Waals surface area contributed by atoms with Crippen LogP contribution in [0.15, 0.2) is 40.8 Å². The van der Waals surface area contributed by atoms with Crippen LogP contribution in [0.2, 0.25) is 5.02 Å². The van der Waals surface area contributed by atoms with Gasteiger partial charge in [-0.2, -0.15) is 0 Å². The normalized spacial score (nSPS) is 16.2. The average Bonchev–Trinajstić information content (AvgIpc) is 3.17. The van der Waals surface area contributed by atoms with Crippen molar-refractivity contribution in [3.63, 3.8) is 0 Å². The van der Waals surface area contributed by atoms with Crippen molar-refractivity contribution in [1.29, 1.82) is 0 Å². The van der Waals surface area contributed by atoms with Crippen LogP contribution in [-0.2, 0) is 4.79 Å². The predicted molar refractivity (Wildman–Crippen MR) is 85.5 cm³/mol. The van der Waals surface area contributed by atoms with Crippen LogP contribution in [0.1, 0.15) is 36.2 Å². The maximum absolute atomic E-state index is 12.3. The van der Waals surface area contributed by atoms with E-state index in [0.717, 1.165) is 12.8 Å². The Morgan fingerprint density at radius 3 is 2.48 bits per heavy atom. The molecule has 1 fully saturated rings. The molecule has 2 aromatic rings. The number of carbonyl (C=O) groups excluding carboxylic acids is 1. The molecule has 6 heteroatoms. The lowest BCUT2D eigenvalue weighted by molar-refractivity contribution is -0.144. The van der Waals surface area contributed by atoms with Crippen molar-refractivity contribution in [2.24, 2.45) is 0 Å². The number of aliphatic carboxylic acids is 1. The van der Waals surface area contributed by atoms with E-state index in [1.165, 1.54) is 6.07 Å². The van der Waals surface area contributed by atoms with Crippen LogP contribution in [0.3, 0.4) is 0 Å². The van der Waals surface area contributed by atoms with E-state index in [1.54, 1.807) is 24.3 Å². The van der Waals surface area contributed by atoms with Crippen LogP contribution in [0, 0.1) is 0 Å². The van der Waals surface area contributed by atoms with Crippen LogP contribution in [0.5, 0.6) is 0 Å². The molecule has 1 aliphatic rings. The van der Waals surface area contributed by atoms with Crippen molar-refractivity contribution < 1.29 is 19.1 Å². The van der Waals surface area contributed by atoms with Crippen LogP contribution in [-0.4, -0.2) is 22.5 Å². The molecule has 0 radical (unpaired) electrons. The number of carboxylic acid groups (broad SMARTS) is 1. The van der Waals surface area contributed by atoms with Crippen molar-refractivity contribution >= 4 is 23.5 Å². The Morgan fingerprint density at radius 2 is 1.83 bits per heavy atom. The van der Waals surface area contributed by atoms with Gasteiger partial charge in [0.05, 0.1) is 5.02 Å². The maximum atomic E-state index is 12.3. The molecule has 2 N–H and O–H groups in total. The fourth-order valence-corrected chi connectivity index (χ4v) is 3.14. The Balaban J connectivity index is 1.82. The molecule has 1 aromatic heterocycles. The van der Waals surface area contributed by atoms with E-state index in [0.29, 0.717) is 29.2 Å². The molecule has 1 aliphatic carbocycles. The number of amides is 1. The molecule has 0 aliphatic heterocycles. The lowest BCUT2D eigenvalue weighted by Crippen LogP contribution is -2.52. The standard InChI is InChI=1S/C17H16ClNO4/c18-12-6-2-1-5-11(12)13-7-8-14(23-13)15(20)19-17(16(21)22)9-3-4-10-17/h1-2,5-8H,3-4,9-10H2,(H,19,20)(H,21,22). The van der Waals surface area contributed by atoms with Crippen LogP contribution in [0.4, 0.5) is 0 Å². The molecule has 23 heavy (non-hydrogen) atoms. The van der Waals surface area contributed by atoms with Gasteiger partial charge in [-0.05, 0) is 37.1 Å². The molecule has 0 unspecified atom stereocenters. The summed E-state index contributed by atoms with van der Waals surface area (Å²) in [5, 5.41) is 12.6. The summed E-state index contributed by atoms with van der Waals surface area (Å²) >= 11 is 6.11. The minimum absolute atomic E-state index is 0.0763. The molecule has 5 nitrogen and oxygen atoms in total. The second-order valence-corrected chi connectivity index (χ2v) is 6.10. The summed E-state index contributed by atoms with van der Waals surface area (Å²) in [5.41, 5.74) is -0.504. The van der Waals surface area contributed by atoms with Crippen molar-refractivity contribution in [3.8, 4) is 11.3 Å². The zero-order valence-corrected chi connectivity index (χ0v) is 13.1. The highest BCUT2D eigenvalue weighted by Crippen LogP contribution is 2.32. The molecule has 0 bridgehead atoms. The average molecular weight is 334 g/mol. The van der Waals surface area contributed by atoms with Gasteiger partial charge in [0.2, 0.25) is 0 Å². The van der Waals surface area contributed by atoms with Gasteiger partial charge in [0, 0.05) is 5.56 Å². The van der Waals surface area contributed by atoms with E-state index in [9.17, 15) is 14.7 Å². The fourth-order valence-electron chi connectivity index (χ4n) is 2.92. The first-order valence-corrected chi connectivity index (χ1v) is 7.80. The maximum Gasteiger partial charge on any atom is 0.329 e. The van der Waals surface area contributed by atoms with E-state index in [2.05, 4.69) is 5.32 Å². The first-order chi connectivity index (χ1) is 11.0. The SMILES string of the molecule is O=C(NC1(C(=O)O)CCCC1)c1ccc(-c2ccccc2Cl)o1. The number of furan rings is 1. The van der Waals surface area contributed by atoms with E-state index < -0.39 is 17.4 Å². The van der Waals surface area contributed by atoms with Crippen LogP contribution in [0.25, 0.3) is 11.3 Å². The van der Waals surface area contributed by atoms with Gasteiger partial charge in [-0.25, -0.2) is 4.79 Å². The second kappa shape index (κ2) is 6.08. The van der Waals surface area contributed by atoms with Gasteiger partial charge in [0.25, 0.3) is 5.91 Å². The summed E-state index contributed by atoms with van der Waals surface area (Å²) in [4.78, 5) is 23.8. The smallest absolute Gasteiger partial charge is 0.329 e. The third kappa shape index (κ3) is 2.97. The van der Waals surface area contributed by atoms with Gasteiger partial charge in [-0.3, -0.25) is 4.79 Å². The van der Waals surface area contributed by atoms with Gasteiger partial charge in [0.1, 0.15) is 11.3 Å². The lowest BCUT2D eigenvalue weighted by atomic mass is 9.98. The quantitative estimate of drug-likeness (QED) is 0.893. The summed E-state index contributed by atoms with van der Waals surface area (Å²) in [7, 11) is 0. The van der Waals surface area contributed by atoms with E-state index in [1.807, 2.05) is 6.07 Å². The van der Waals surface area contributed by atoms with Gasteiger partial charge >= 0.3 is 5.97 Å². The van der Waals surface area contributed by atoms with Gasteiger partial charge < -0.3 is 14.8 Å². The minimum atomic E-state index is -1.19. The molecule has 1 saturated carbocycles. The minimum Gasteiger partial charge on any atom is -0.480 e. The zero-order chi connectivity index (χ0) is 16.4. The summed E-state index contributed by atoms with van der Waals surface area (Å²) in [5.74, 6) is -0.974. The summed E-state index contributed by atoms with van der Waals surface area (Å²) in [6.45, 7) is 0. The van der Waals surface area contributed by atoms with E-state index in [-0.39, 0.29) is 5.76 Å². The summed E-state index contributed by atoms with van der Waals surface area (Å²) in [6, 6.07) is 10.3. The first-order valence-electron chi connectivity index (χ1n) is 7.42. The molecule has 1 amide bonds. The molecule has 1 aromatic carbocycles. The molecular formula is C17H16ClNO4. The Hall–Kier alpha value is -2.27. The molecule has 0 saturated heterocycles. The van der Waals surface area contributed by atoms with Crippen molar-refractivity contribution in [2.75, 3.05) is 0 Å². The highest BCUT2D eigenvalue weighted by Gasteiger charge is 2.43. The third-order valence-corrected chi connectivity index (χ3v) is 4.52. The summed E-state index contributed by atoms with van der Waals surface area (Å²) < 4.78 is 5.56. The van der Waals surface area contributed by atoms with Crippen LogP contribution >= 0.6 is 11.6 Å². The largest absolute Gasteiger partial charge is 0.480 e. The Labute approximate surface area is 138 Å². The van der Waals surface area contributed by atoms with Gasteiger partial charge in [0.15, 0.2) is 5.76 Å². The zero-order valence-electron chi connectivity index (χ0n) is 12.3.